The molecule has 10 heteroatoms. The lowest BCUT2D eigenvalue weighted by molar-refractivity contribution is -0.132. The Kier molecular flexibility index (Phi) is 7.10. The van der Waals surface area contributed by atoms with Crippen LogP contribution in [0.25, 0.3) is 10.2 Å². The van der Waals surface area contributed by atoms with E-state index in [0.29, 0.717) is 26.6 Å². The quantitative estimate of drug-likeness (QED) is 0.646. The summed E-state index contributed by atoms with van der Waals surface area (Å²) < 4.78 is 32.9. The molecule has 0 aromatic carbocycles. The molecule has 3 rings (SSSR count). The minimum Gasteiger partial charge on any atom is -0.462 e. The van der Waals surface area contributed by atoms with Gasteiger partial charge in [0.1, 0.15) is 14.6 Å². The number of sulfonamides is 1. The molecule has 1 aliphatic heterocycles. The Balaban J connectivity index is 1.68. The normalized spacial score (nSPS) is 17.3. The van der Waals surface area contributed by atoms with Crippen LogP contribution in [-0.4, -0.2) is 56.4 Å². The number of esters is 1. The molecule has 0 saturated carbocycles. The molecule has 8 nitrogen and oxygen atoms in total. The number of piperidine rings is 1. The Bertz CT molecular complexity index is 1050. The largest absolute Gasteiger partial charge is 0.462 e. The molecule has 1 saturated heterocycles. The molecule has 0 aliphatic carbocycles. The predicted molar refractivity (Wildman–Crippen MR) is 115 cm³/mol. The number of aromatic nitrogens is 1. The highest BCUT2D eigenvalue weighted by molar-refractivity contribution is 7.89. The smallest absolute Gasteiger partial charge is 0.348 e. The van der Waals surface area contributed by atoms with Gasteiger partial charge in [0.05, 0.1) is 6.61 Å². The standard InChI is InChI=1S/C20H27N3O5S2/c1-4-28-20(25)18-14(3)16-10-15(11-21-19(16)29-18)30(26,27)22-8-7-17(24)23-9-5-6-13(2)12-23/h10-11,13,22H,4-9,12H2,1-3H3/t13-/m0/s1. The molecule has 2 aromatic heterocycles. The first-order valence-electron chi connectivity index (χ1n) is 10.1. The van der Waals surface area contributed by atoms with Gasteiger partial charge in [-0.3, -0.25) is 4.79 Å². The molecular formula is C20H27N3O5S2. The second-order valence-electron chi connectivity index (χ2n) is 7.54. The molecule has 0 radical (unpaired) electrons. The maximum Gasteiger partial charge on any atom is 0.348 e. The number of amides is 1. The van der Waals surface area contributed by atoms with Crippen LogP contribution in [0.15, 0.2) is 17.2 Å². The number of aryl methyl sites for hydroxylation is 1. The number of pyridine rings is 1. The summed E-state index contributed by atoms with van der Waals surface area (Å²) in [5, 5.41) is 0.601. The first-order valence-corrected chi connectivity index (χ1v) is 12.4. The van der Waals surface area contributed by atoms with Gasteiger partial charge in [-0.1, -0.05) is 6.92 Å². The molecule has 164 valence electrons. The number of thiophene rings is 1. The number of rotatable bonds is 7. The van der Waals surface area contributed by atoms with Gasteiger partial charge in [-0.25, -0.2) is 22.9 Å². The van der Waals surface area contributed by atoms with E-state index in [1.54, 1.807) is 13.8 Å². The van der Waals surface area contributed by atoms with Crippen LogP contribution in [0.3, 0.4) is 0 Å². The Labute approximate surface area is 180 Å². The molecular weight excluding hydrogens is 426 g/mol. The predicted octanol–water partition coefficient (Wildman–Crippen LogP) is 2.71. The number of carbonyl (C=O) groups is 2. The average molecular weight is 454 g/mol. The topological polar surface area (TPSA) is 106 Å². The molecule has 1 aliphatic rings. The fourth-order valence-corrected chi connectivity index (χ4v) is 5.59. The SMILES string of the molecule is CCOC(=O)c1sc2ncc(S(=O)(=O)NCCC(=O)N3CCC[C@H](C)C3)cc2c1C. The van der Waals surface area contributed by atoms with Gasteiger partial charge in [0.2, 0.25) is 15.9 Å². The summed E-state index contributed by atoms with van der Waals surface area (Å²) in [6.45, 7) is 7.34. The fourth-order valence-electron chi connectivity index (χ4n) is 3.57. The molecule has 1 N–H and O–H groups in total. The van der Waals surface area contributed by atoms with E-state index in [1.165, 1.54) is 23.6 Å². The van der Waals surface area contributed by atoms with E-state index < -0.39 is 16.0 Å². The third kappa shape index (κ3) is 4.98. The van der Waals surface area contributed by atoms with Crippen LogP contribution in [0, 0.1) is 12.8 Å². The molecule has 0 unspecified atom stereocenters. The number of nitrogens with zero attached hydrogens (tertiary/aromatic N) is 2. The minimum absolute atomic E-state index is 0.00496. The van der Waals surface area contributed by atoms with E-state index in [1.807, 2.05) is 4.90 Å². The van der Waals surface area contributed by atoms with E-state index in [4.69, 9.17) is 4.74 Å². The number of ether oxygens (including phenoxy) is 1. The summed E-state index contributed by atoms with van der Waals surface area (Å²) in [6.07, 6.45) is 3.49. The van der Waals surface area contributed by atoms with Crippen molar-refractivity contribution in [3.63, 3.8) is 0 Å². The van der Waals surface area contributed by atoms with Crippen molar-refractivity contribution in [1.82, 2.24) is 14.6 Å². The maximum atomic E-state index is 12.7. The first kappa shape index (κ1) is 22.6. The highest BCUT2D eigenvalue weighted by Gasteiger charge is 2.23. The van der Waals surface area contributed by atoms with Gasteiger partial charge in [0.15, 0.2) is 0 Å². The summed E-state index contributed by atoms with van der Waals surface area (Å²) >= 11 is 1.18. The van der Waals surface area contributed by atoms with Gasteiger partial charge in [-0.05, 0) is 44.2 Å². The zero-order valence-corrected chi connectivity index (χ0v) is 19.1. The number of hydrogen-bond acceptors (Lipinski definition) is 7. The van der Waals surface area contributed by atoms with E-state index >= 15 is 0 Å². The van der Waals surface area contributed by atoms with E-state index in [9.17, 15) is 18.0 Å². The van der Waals surface area contributed by atoms with Crippen molar-refractivity contribution < 1.29 is 22.7 Å². The number of nitrogens with one attached hydrogen (secondary N) is 1. The van der Waals surface area contributed by atoms with Gasteiger partial charge < -0.3 is 9.64 Å². The summed E-state index contributed by atoms with van der Waals surface area (Å²) in [6, 6.07) is 1.51. The van der Waals surface area contributed by atoms with Crippen LogP contribution in [-0.2, 0) is 19.6 Å². The lowest BCUT2D eigenvalue weighted by atomic mass is 10.0. The zero-order chi connectivity index (χ0) is 21.9. The maximum absolute atomic E-state index is 12.7. The number of hydrogen-bond donors (Lipinski definition) is 1. The zero-order valence-electron chi connectivity index (χ0n) is 17.4. The van der Waals surface area contributed by atoms with Gasteiger partial charge in [0, 0.05) is 37.6 Å². The van der Waals surface area contributed by atoms with E-state index in [0.717, 1.165) is 25.9 Å². The Hall–Kier alpha value is -2.04. The molecule has 1 fully saturated rings. The Morgan fingerprint density at radius 3 is 2.87 bits per heavy atom. The van der Waals surface area contributed by atoms with Crippen molar-refractivity contribution in [2.45, 2.75) is 44.9 Å². The third-order valence-corrected chi connectivity index (χ3v) is 7.80. The number of carbonyl (C=O) groups excluding carboxylic acids is 2. The van der Waals surface area contributed by atoms with Crippen molar-refractivity contribution >= 4 is 43.5 Å². The van der Waals surface area contributed by atoms with Crippen molar-refractivity contribution in [3.05, 3.63) is 22.7 Å². The van der Waals surface area contributed by atoms with Crippen molar-refractivity contribution in [3.8, 4) is 0 Å². The molecule has 0 spiro atoms. The van der Waals surface area contributed by atoms with Gasteiger partial charge in [-0.15, -0.1) is 11.3 Å². The lowest BCUT2D eigenvalue weighted by Gasteiger charge is -2.31. The van der Waals surface area contributed by atoms with Crippen LogP contribution in [0.2, 0.25) is 0 Å². The van der Waals surface area contributed by atoms with Gasteiger partial charge in [-0.2, -0.15) is 0 Å². The number of likely N-dealkylation sites (tertiary alicyclic amines) is 1. The Morgan fingerprint density at radius 1 is 1.40 bits per heavy atom. The van der Waals surface area contributed by atoms with E-state index in [-0.39, 0.29) is 30.4 Å². The summed E-state index contributed by atoms with van der Waals surface area (Å²) in [5.74, 6) is 0.00204. The summed E-state index contributed by atoms with van der Waals surface area (Å²) in [5.41, 5.74) is 0.646. The number of fused-ring (bicyclic) bond motifs is 1. The van der Waals surface area contributed by atoms with Crippen LogP contribution >= 0.6 is 11.3 Å². The van der Waals surface area contributed by atoms with Gasteiger partial charge >= 0.3 is 5.97 Å². The third-order valence-electron chi connectivity index (χ3n) is 5.18. The first-order chi connectivity index (χ1) is 14.2. The minimum atomic E-state index is -3.82. The molecule has 2 aromatic rings. The molecule has 1 atom stereocenters. The van der Waals surface area contributed by atoms with Crippen LogP contribution < -0.4 is 4.72 Å². The van der Waals surface area contributed by atoms with Crippen LogP contribution in [0.5, 0.6) is 0 Å². The average Bonchev–Trinajstić information content (AvgIpc) is 3.04. The Morgan fingerprint density at radius 2 is 2.17 bits per heavy atom. The summed E-state index contributed by atoms with van der Waals surface area (Å²) in [7, 11) is -3.82. The monoisotopic (exact) mass is 453 g/mol. The van der Waals surface area contributed by atoms with Crippen molar-refractivity contribution in [2.24, 2.45) is 5.92 Å². The summed E-state index contributed by atoms with van der Waals surface area (Å²) in [4.78, 5) is 31.4. The molecule has 3 heterocycles. The van der Waals surface area contributed by atoms with Crippen LogP contribution in [0.1, 0.15) is 48.3 Å². The van der Waals surface area contributed by atoms with E-state index in [2.05, 4.69) is 16.6 Å². The van der Waals surface area contributed by atoms with Gasteiger partial charge in [0.25, 0.3) is 0 Å². The second-order valence-corrected chi connectivity index (χ2v) is 10.3. The lowest BCUT2D eigenvalue weighted by Crippen LogP contribution is -2.40. The second kappa shape index (κ2) is 9.40. The van der Waals surface area contributed by atoms with Crippen molar-refractivity contribution in [2.75, 3.05) is 26.2 Å². The van der Waals surface area contributed by atoms with Crippen molar-refractivity contribution in [1.29, 1.82) is 0 Å². The molecule has 1 amide bonds. The molecule has 0 bridgehead atoms. The highest BCUT2D eigenvalue weighted by Crippen LogP contribution is 2.31. The molecule has 30 heavy (non-hydrogen) atoms. The highest BCUT2D eigenvalue weighted by atomic mass is 32.2. The fraction of sp³-hybridized carbons (Fsp3) is 0.550. The van der Waals surface area contributed by atoms with Crippen LogP contribution in [0.4, 0.5) is 0 Å².